The Kier molecular flexibility index (Phi) is 9.54. The molecule has 1 atom stereocenters. The second-order valence-corrected chi connectivity index (χ2v) is 12.3. The van der Waals surface area contributed by atoms with Crippen LogP contribution < -0.4 is 19.1 Å². The Morgan fingerprint density at radius 3 is 2.29 bits per heavy atom. The molecule has 0 aliphatic carbocycles. The van der Waals surface area contributed by atoms with Gasteiger partial charge in [-0.25, -0.2) is 8.42 Å². The molecule has 0 radical (unpaired) electrons. The molecule has 10 heteroatoms. The molecule has 41 heavy (non-hydrogen) atoms. The predicted molar refractivity (Wildman–Crippen MR) is 157 cm³/mol. The predicted octanol–water partition coefficient (Wildman–Crippen LogP) is 4.15. The van der Waals surface area contributed by atoms with Gasteiger partial charge < -0.3 is 19.7 Å². The number of amides is 2. The molecule has 0 saturated carbocycles. The average molecular weight is 580 g/mol. The number of nitrogens with zero attached hydrogens (tertiary/aromatic N) is 2. The van der Waals surface area contributed by atoms with Gasteiger partial charge in [0, 0.05) is 19.2 Å². The third-order valence-electron chi connectivity index (χ3n) is 6.71. The van der Waals surface area contributed by atoms with Crippen molar-refractivity contribution in [3.05, 3.63) is 83.9 Å². The highest BCUT2D eigenvalue weighted by molar-refractivity contribution is 7.92. The Morgan fingerprint density at radius 1 is 0.902 bits per heavy atom. The van der Waals surface area contributed by atoms with E-state index in [4.69, 9.17) is 9.47 Å². The smallest absolute Gasteiger partial charge is 0.264 e. The minimum Gasteiger partial charge on any atom is -0.486 e. The molecule has 3 aromatic carbocycles. The van der Waals surface area contributed by atoms with Gasteiger partial charge in [-0.1, -0.05) is 61.9 Å². The fraction of sp³-hybridized carbons (Fsp3) is 0.355. The van der Waals surface area contributed by atoms with Gasteiger partial charge in [0.05, 0.1) is 10.6 Å². The normalized spacial score (nSPS) is 13.4. The van der Waals surface area contributed by atoms with Crippen LogP contribution in [0.2, 0.25) is 0 Å². The molecule has 1 heterocycles. The molecule has 0 fully saturated rings. The van der Waals surface area contributed by atoms with Crippen LogP contribution in [-0.2, 0) is 26.2 Å². The lowest BCUT2D eigenvalue weighted by Crippen LogP contribution is -2.51. The number of aryl methyl sites for hydroxylation is 1. The summed E-state index contributed by atoms with van der Waals surface area (Å²) in [6.07, 6.45) is 0. The lowest BCUT2D eigenvalue weighted by molar-refractivity contribution is -0.139. The van der Waals surface area contributed by atoms with Gasteiger partial charge in [0.2, 0.25) is 11.8 Å². The summed E-state index contributed by atoms with van der Waals surface area (Å²) in [4.78, 5) is 28.6. The zero-order chi connectivity index (χ0) is 29.6. The van der Waals surface area contributed by atoms with Crippen molar-refractivity contribution in [3.8, 4) is 11.5 Å². The van der Waals surface area contributed by atoms with Gasteiger partial charge in [0.15, 0.2) is 11.5 Å². The van der Waals surface area contributed by atoms with E-state index in [1.165, 1.54) is 17.0 Å². The summed E-state index contributed by atoms with van der Waals surface area (Å²) in [5.41, 5.74) is 2.09. The number of nitrogens with one attached hydrogen (secondary N) is 1. The topological polar surface area (TPSA) is 105 Å². The van der Waals surface area contributed by atoms with Gasteiger partial charge in [0.25, 0.3) is 10.0 Å². The highest BCUT2D eigenvalue weighted by Crippen LogP contribution is 2.36. The van der Waals surface area contributed by atoms with Crippen molar-refractivity contribution >= 4 is 27.5 Å². The molecule has 4 rings (SSSR count). The summed E-state index contributed by atoms with van der Waals surface area (Å²) in [5, 5.41) is 2.89. The van der Waals surface area contributed by atoms with Crippen LogP contribution in [0, 0.1) is 12.8 Å². The number of sulfonamides is 1. The van der Waals surface area contributed by atoms with E-state index in [9.17, 15) is 18.0 Å². The number of hydrogen-bond donors (Lipinski definition) is 1. The molecule has 0 unspecified atom stereocenters. The van der Waals surface area contributed by atoms with E-state index in [2.05, 4.69) is 5.32 Å². The molecule has 1 aliphatic rings. The number of anilines is 1. The van der Waals surface area contributed by atoms with Crippen molar-refractivity contribution in [1.82, 2.24) is 10.2 Å². The third kappa shape index (κ3) is 7.38. The third-order valence-corrected chi connectivity index (χ3v) is 8.50. The maximum Gasteiger partial charge on any atom is 0.264 e. The summed E-state index contributed by atoms with van der Waals surface area (Å²) >= 11 is 0. The lowest BCUT2D eigenvalue weighted by atomic mass is 10.1. The number of hydrogen-bond acceptors (Lipinski definition) is 6. The molecule has 9 nitrogen and oxygen atoms in total. The van der Waals surface area contributed by atoms with Crippen LogP contribution in [0.5, 0.6) is 11.5 Å². The second-order valence-electron chi connectivity index (χ2n) is 10.5. The fourth-order valence-electron chi connectivity index (χ4n) is 4.48. The van der Waals surface area contributed by atoms with Gasteiger partial charge in [-0.15, -0.1) is 0 Å². The van der Waals surface area contributed by atoms with Crippen molar-refractivity contribution in [1.29, 1.82) is 0 Å². The molecular formula is C31H37N3O6S. The summed E-state index contributed by atoms with van der Waals surface area (Å²) in [6, 6.07) is 19.5. The van der Waals surface area contributed by atoms with Gasteiger partial charge in [-0.3, -0.25) is 13.9 Å². The van der Waals surface area contributed by atoms with Crippen LogP contribution in [0.1, 0.15) is 31.9 Å². The minimum absolute atomic E-state index is 0.0376. The highest BCUT2D eigenvalue weighted by Gasteiger charge is 2.33. The first-order valence-corrected chi connectivity index (χ1v) is 15.1. The van der Waals surface area contributed by atoms with E-state index in [0.29, 0.717) is 31.3 Å². The standard InChI is InChI=1S/C31H37N3O6S/c1-22(2)19-32-31(36)24(4)33(20-25-10-8-9-23(3)17-25)30(35)21-34(41(37,38)27-11-6-5-7-12-27)26-13-14-28-29(18-26)40-16-15-39-28/h5-14,17-18,22,24H,15-16,19-21H2,1-4H3,(H,32,36)/t24-/m1/s1. The maximum atomic E-state index is 14.1. The van der Waals surface area contributed by atoms with Crippen molar-refractivity contribution in [3.63, 3.8) is 0 Å². The molecule has 3 aromatic rings. The first kappa shape index (κ1) is 29.9. The van der Waals surface area contributed by atoms with Crippen LogP contribution >= 0.6 is 0 Å². The maximum absolute atomic E-state index is 14.1. The Hall–Kier alpha value is -4.05. The quantitative estimate of drug-likeness (QED) is 0.366. The van der Waals surface area contributed by atoms with Gasteiger partial charge in [-0.2, -0.15) is 0 Å². The molecule has 2 amide bonds. The number of carbonyl (C=O) groups is 2. The van der Waals surface area contributed by atoms with Crippen molar-refractivity contribution in [2.24, 2.45) is 5.92 Å². The van der Waals surface area contributed by atoms with Crippen LogP contribution in [-0.4, -0.2) is 57.5 Å². The first-order chi connectivity index (χ1) is 19.6. The molecule has 0 spiro atoms. The SMILES string of the molecule is Cc1cccc(CN(C(=O)CN(c2ccc3c(c2)OCCO3)S(=O)(=O)c2ccccc2)[C@H](C)C(=O)NCC(C)C)c1. The van der Waals surface area contributed by atoms with Crippen LogP contribution in [0.3, 0.4) is 0 Å². The van der Waals surface area contributed by atoms with E-state index < -0.39 is 28.5 Å². The Morgan fingerprint density at radius 2 is 1.61 bits per heavy atom. The minimum atomic E-state index is -4.17. The Bertz CT molecular complexity index is 1480. The fourth-order valence-corrected chi connectivity index (χ4v) is 5.90. The van der Waals surface area contributed by atoms with Crippen molar-refractivity contribution in [2.45, 2.75) is 45.2 Å². The van der Waals surface area contributed by atoms with Crippen molar-refractivity contribution in [2.75, 3.05) is 30.6 Å². The van der Waals surface area contributed by atoms with Crippen LogP contribution in [0.4, 0.5) is 5.69 Å². The van der Waals surface area contributed by atoms with E-state index in [0.717, 1.165) is 15.4 Å². The number of benzene rings is 3. The van der Waals surface area contributed by atoms with Gasteiger partial charge in [0.1, 0.15) is 25.8 Å². The molecular weight excluding hydrogens is 542 g/mol. The Labute approximate surface area is 242 Å². The largest absolute Gasteiger partial charge is 0.486 e. The number of fused-ring (bicyclic) bond motifs is 1. The molecule has 1 aliphatic heterocycles. The van der Waals surface area contributed by atoms with Gasteiger partial charge in [-0.05, 0) is 49.6 Å². The molecule has 218 valence electrons. The second kappa shape index (κ2) is 13.1. The first-order valence-electron chi connectivity index (χ1n) is 13.7. The summed E-state index contributed by atoms with van der Waals surface area (Å²) in [5.74, 6) is 0.297. The summed E-state index contributed by atoms with van der Waals surface area (Å²) < 4.78 is 40.3. The average Bonchev–Trinajstić information content (AvgIpc) is 2.97. The molecule has 0 aromatic heterocycles. The zero-order valence-electron chi connectivity index (χ0n) is 23.9. The van der Waals surface area contributed by atoms with Crippen LogP contribution in [0.25, 0.3) is 0 Å². The van der Waals surface area contributed by atoms with E-state index in [1.54, 1.807) is 43.3 Å². The van der Waals surface area contributed by atoms with E-state index >= 15 is 0 Å². The van der Waals surface area contributed by atoms with Crippen LogP contribution in [0.15, 0.2) is 77.7 Å². The lowest BCUT2D eigenvalue weighted by Gasteiger charge is -2.32. The summed E-state index contributed by atoms with van der Waals surface area (Å²) in [7, 11) is -4.17. The number of rotatable bonds is 11. The monoisotopic (exact) mass is 579 g/mol. The van der Waals surface area contributed by atoms with E-state index in [1.807, 2.05) is 45.0 Å². The highest BCUT2D eigenvalue weighted by atomic mass is 32.2. The molecule has 1 N–H and O–H groups in total. The number of carbonyl (C=O) groups excluding carboxylic acids is 2. The molecule has 0 bridgehead atoms. The Balaban J connectivity index is 1.72. The summed E-state index contributed by atoms with van der Waals surface area (Å²) in [6.45, 7) is 8.37. The van der Waals surface area contributed by atoms with Gasteiger partial charge >= 0.3 is 0 Å². The van der Waals surface area contributed by atoms with Crippen molar-refractivity contribution < 1.29 is 27.5 Å². The zero-order valence-corrected chi connectivity index (χ0v) is 24.7. The molecule has 0 saturated heterocycles. The van der Waals surface area contributed by atoms with E-state index in [-0.39, 0.29) is 29.0 Å². The number of ether oxygens (including phenoxy) is 2.